The van der Waals surface area contributed by atoms with Gasteiger partial charge in [-0.25, -0.2) is 9.97 Å². The Morgan fingerprint density at radius 2 is 2.00 bits per heavy atom. The Morgan fingerprint density at radius 3 is 2.70 bits per heavy atom. The van der Waals surface area contributed by atoms with Gasteiger partial charge in [-0.15, -0.1) is 0 Å². The van der Waals surface area contributed by atoms with E-state index >= 15 is 0 Å². The molecule has 0 amide bonds. The van der Waals surface area contributed by atoms with Crippen molar-refractivity contribution in [2.75, 3.05) is 13.7 Å². The third-order valence-electron chi connectivity index (χ3n) is 3.16. The molecule has 20 heavy (non-hydrogen) atoms. The van der Waals surface area contributed by atoms with Crippen LogP contribution < -0.4 is 10.1 Å². The summed E-state index contributed by atoms with van der Waals surface area (Å²) in [5.41, 5.74) is 4.32. The lowest BCUT2D eigenvalue weighted by atomic mass is 10.0. The van der Waals surface area contributed by atoms with E-state index in [1.807, 2.05) is 0 Å². The second kappa shape index (κ2) is 7.01. The Morgan fingerprint density at radius 1 is 1.20 bits per heavy atom. The minimum Gasteiger partial charge on any atom is -0.479 e. The second-order valence-corrected chi connectivity index (χ2v) is 4.74. The number of hydrogen-bond donors (Lipinski definition) is 1. The molecule has 106 valence electrons. The van der Waals surface area contributed by atoms with E-state index < -0.39 is 0 Å². The van der Waals surface area contributed by atoms with Gasteiger partial charge in [-0.3, -0.25) is 0 Å². The molecule has 0 saturated heterocycles. The molecule has 0 bridgehead atoms. The van der Waals surface area contributed by atoms with Gasteiger partial charge in [0.05, 0.1) is 7.11 Å². The van der Waals surface area contributed by atoms with E-state index in [2.05, 4.69) is 47.3 Å². The molecule has 1 aromatic heterocycles. The van der Waals surface area contributed by atoms with Gasteiger partial charge in [0, 0.05) is 24.5 Å². The first-order valence-corrected chi connectivity index (χ1v) is 6.92. The molecule has 0 fully saturated rings. The molecule has 0 radical (unpaired) electrons. The molecule has 0 spiro atoms. The largest absolute Gasteiger partial charge is 0.479 e. The van der Waals surface area contributed by atoms with Crippen LogP contribution in [0.15, 0.2) is 30.6 Å². The molecule has 0 aliphatic heterocycles. The maximum atomic E-state index is 5.28. The molecule has 0 aliphatic carbocycles. The molecule has 2 rings (SSSR count). The van der Waals surface area contributed by atoms with Crippen LogP contribution in [-0.4, -0.2) is 23.6 Å². The SMILES string of the molecule is CCCNCc1ccc(-c2nccnc2OC)c(C)c1. The van der Waals surface area contributed by atoms with Crippen LogP contribution >= 0.6 is 0 Å². The van der Waals surface area contributed by atoms with Gasteiger partial charge in [0.15, 0.2) is 0 Å². The number of hydrogen-bond acceptors (Lipinski definition) is 4. The summed E-state index contributed by atoms with van der Waals surface area (Å²) in [4.78, 5) is 8.58. The van der Waals surface area contributed by atoms with Gasteiger partial charge in [0.25, 0.3) is 0 Å². The summed E-state index contributed by atoms with van der Waals surface area (Å²) >= 11 is 0. The van der Waals surface area contributed by atoms with Crippen molar-refractivity contribution in [1.82, 2.24) is 15.3 Å². The zero-order chi connectivity index (χ0) is 14.4. The van der Waals surface area contributed by atoms with Crippen molar-refractivity contribution in [2.24, 2.45) is 0 Å². The monoisotopic (exact) mass is 271 g/mol. The van der Waals surface area contributed by atoms with Crippen LogP contribution in [0.1, 0.15) is 24.5 Å². The highest BCUT2D eigenvalue weighted by molar-refractivity contribution is 5.68. The Hall–Kier alpha value is -1.94. The van der Waals surface area contributed by atoms with Gasteiger partial charge in [-0.1, -0.05) is 25.1 Å². The maximum Gasteiger partial charge on any atom is 0.240 e. The fourth-order valence-electron chi connectivity index (χ4n) is 2.17. The first-order valence-electron chi connectivity index (χ1n) is 6.92. The van der Waals surface area contributed by atoms with Crippen molar-refractivity contribution in [2.45, 2.75) is 26.8 Å². The van der Waals surface area contributed by atoms with Gasteiger partial charge in [-0.05, 0) is 31.0 Å². The predicted molar refractivity (Wildman–Crippen MR) is 80.8 cm³/mol. The number of nitrogens with zero attached hydrogens (tertiary/aromatic N) is 2. The third-order valence-corrected chi connectivity index (χ3v) is 3.16. The quantitative estimate of drug-likeness (QED) is 0.821. The molecule has 0 unspecified atom stereocenters. The van der Waals surface area contributed by atoms with E-state index in [1.54, 1.807) is 19.5 Å². The van der Waals surface area contributed by atoms with Crippen LogP contribution in [0.25, 0.3) is 11.3 Å². The van der Waals surface area contributed by atoms with Crippen LogP contribution in [0, 0.1) is 6.92 Å². The van der Waals surface area contributed by atoms with E-state index in [9.17, 15) is 0 Å². The number of nitrogens with one attached hydrogen (secondary N) is 1. The Labute approximate surface area is 120 Å². The smallest absolute Gasteiger partial charge is 0.240 e. The second-order valence-electron chi connectivity index (χ2n) is 4.74. The molecule has 2 aromatic rings. The fraction of sp³-hybridized carbons (Fsp3) is 0.375. The molecule has 1 heterocycles. The molecule has 0 aliphatic rings. The molecule has 4 heteroatoms. The van der Waals surface area contributed by atoms with Gasteiger partial charge in [0.1, 0.15) is 5.69 Å². The van der Waals surface area contributed by atoms with E-state index in [4.69, 9.17) is 4.74 Å². The highest BCUT2D eigenvalue weighted by Gasteiger charge is 2.10. The fourth-order valence-corrected chi connectivity index (χ4v) is 2.17. The Bertz CT molecular complexity index is 569. The summed E-state index contributed by atoms with van der Waals surface area (Å²) in [6.07, 6.45) is 4.47. The molecule has 4 nitrogen and oxygen atoms in total. The van der Waals surface area contributed by atoms with E-state index in [-0.39, 0.29) is 0 Å². The van der Waals surface area contributed by atoms with Crippen LogP contribution in [0.3, 0.4) is 0 Å². The van der Waals surface area contributed by atoms with Crippen molar-refractivity contribution in [3.05, 3.63) is 41.7 Å². The summed E-state index contributed by atoms with van der Waals surface area (Å²) in [5.74, 6) is 0.562. The number of aromatic nitrogens is 2. The van der Waals surface area contributed by atoms with Crippen molar-refractivity contribution in [1.29, 1.82) is 0 Å². The lowest BCUT2D eigenvalue weighted by molar-refractivity contribution is 0.397. The minimum atomic E-state index is 0.562. The van der Waals surface area contributed by atoms with Crippen molar-refractivity contribution >= 4 is 0 Å². The average Bonchev–Trinajstić information content (AvgIpc) is 2.48. The Kier molecular flexibility index (Phi) is 5.07. The molecule has 1 N–H and O–H groups in total. The first-order chi connectivity index (χ1) is 9.76. The third kappa shape index (κ3) is 3.33. The predicted octanol–water partition coefficient (Wildman–Crippen LogP) is 2.96. The lowest BCUT2D eigenvalue weighted by Gasteiger charge is -2.11. The summed E-state index contributed by atoms with van der Waals surface area (Å²) in [7, 11) is 1.62. The zero-order valence-electron chi connectivity index (χ0n) is 12.3. The molecule has 0 atom stereocenters. The molecule has 0 saturated carbocycles. The summed E-state index contributed by atoms with van der Waals surface area (Å²) in [5, 5.41) is 3.41. The summed E-state index contributed by atoms with van der Waals surface area (Å²) in [6.45, 7) is 6.19. The highest BCUT2D eigenvalue weighted by Crippen LogP contribution is 2.28. The molecular formula is C16H21N3O. The molecular weight excluding hydrogens is 250 g/mol. The van der Waals surface area contributed by atoms with E-state index in [1.165, 1.54) is 11.1 Å². The van der Waals surface area contributed by atoms with Crippen molar-refractivity contribution < 1.29 is 4.74 Å². The average molecular weight is 271 g/mol. The van der Waals surface area contributed by atoms with E-state index in [0.717, 1.165) is 30.8 Å². The topological polar surface area (TPSA) is 47.0 Å². The normalized spacial score (nSPS) is 10.6. The number of benzene rings is 1. The minimum absolute atomic E-state index is 0.562. The van der Waals surface area contributed by atoms with Crippen molar-refractivity contribution in [3.8, 4) is 17.1 Å². The first kappa shape index (κ1) is 14.5. The van der Waals surface area contributed by atoms with Crippen LogP contribution in [0.4, 0.5) is 0 Å². The number of methoxy groups -OCH3 is 1. The molecule has 1 aromatic carbocycles. The Balaban J connectivity index is 2.25. The zero-order valence-corrected chi connectivity index (χ0v) is 12.3. The van der Waals surface area contributed by atoms with Gasteiger partial charge < -0.3 is 10.1 Å². The van der Waals surface area contributed by atoms with Gasteiger partial charge in [-0.2, -0.15) is 0 Å². The standard InChI is InChI=1S/C16H21N3O/c1-4-7-17-11-13-5-6-14(12(2)10-13)15-16(20-3)19-9-8-18-15/h5-6,8-10,17H,4,7,11H2,1-3H3. The van der Waals surface area contributed by atoms with Crippen LogP contribution in [-0.2, 0) is 6.54 Å². The lowest BCUT2D eigenvalue weighted by Crippen LogP contribution is -2.13. The summed E-state index contributed by atoms with van der Waals surface area (Å²) < 4.78 is 5.28. The maximum absolute atomic E-state index is 5.28. The number of aryl methyl sites for hydroxylation is 1. The van der Waals surface area contributed by atoms with Gasteiger partial charge >= 0.3 is 0 Å². The highest BCUT2D eigenvalue weighted by atomic mass is 16.5. The van der Waals surface area contributed by atoms with Crippen LogP contribution in [0.5, 0.6) is 5.88 Å². The summed E-state index contributed by atoms with van der Waals surface area (Å²) in [6, 6.07) is 6.40. The van der Waals surface area contributed by atoms with Gasteiger partial charge in [0.2, 0.25) is 5.88 Å². The van der Waals surface area contributed by atoms with E-state index in [0.29, 0.717) is 5.88 Å². The number of ether oxygens (including phenoxy) is 1. The van der Waals surface area contributed by atoms with Crippen molar-refractivity contribution in [3.63, 3.8) is 0 Å². The van der Waals surface area contributed by atoms with Crippen LogP contribution in [0.2, 0.25) is 0 Å². The number of rotatable bonds is 6.